The third kappa shape index (κ3) is 3.28. The molecule has 2 aromatic rings. The molecule has 0 saturated carbocycles. The van der Waals surface area contributed by atoms with E-state index in [0.717, 1.165) is 11.3 Å². The zero-order chi connectivity index (χ0) is 15.6. The Labute approximate surface area is 125 Å². The molecule has 0 amide bonds. The largest absolute Gasteiger partial charge is 0.465 e. The average molecular weight is 331 g/mol. The first-order chi connectivity index (χ1) is 9.85. The summed E-state index contributed by atoms with van der Waals surface area (Å²) in [5.74, 6) is -0.142. The van der Waals surface area contributed by atoms with E-state index in [1.165, 1.54) is 7.11 Å². The molecule has 1 N–H and O–H groups in total. The summed E-state index contributed by atoms with van der Waals surface area (Å²) < 4.78 is 36.4. The fourth-order valence-electron chi connectivity index (χ4n) is 1.64. The molecule has 0 fully saturated rings. The monoisotopic (exact) mass is 331 g/mol. The van der Waals surface area contributed by atoms with E-state index in [2.05, 4.69) is 19.6 Å². The Morgan fingerprint density at radius 1 is 1.48 bits per heavy atom. The lowest BCUT2D eigenvalue weighted by atomic mass is 10.3. The number of nitrogens with zero attached hydrogens (tertiary/aromatic N) is 2. The molecule has 0 aliphatic heterocycles. The van der Waals surface area contributed by atoms with E-state index < -0.39 is 16.0 Å². The topological polar surface area (TPSA) is 111 Å². The maximum Gasteiger partial charge on any atom is 0.349 e. The van der Waals surface area contributed by atoms with Crippen LogP contribution >= 0.6 is 11.3 Å². The van der Waals surface area contributed by atoms with Crippen molar-refractivity contribution in [3.05, 3.63) is 27.5 Å². The molecule has 21 heavy (non-hydrogen) atoms. The molecule has 2 aromatic heterocycles. The summed E-state index contributed by atoms with van der Waals surface area (Å²) in [7, 11) is -2.69. The Bertz CT molecular complexity index is 763. The standard InChI is InChI=1S/C11H13N3O5S2/c1-6-5-20-9(11(15)18-3)10(6)21(16,17)12-4-8-13-7(2)14-19-8/h5,12H,4H2,1-3H3. The van der Waals surface area contributed by atoms with Gasteiger partial charge in [-0.1, -0.05) is 5.16 Å². The molecular weight excluding hydrogens is 318 g/mol. The average Bonchev–Trinajstić information content (AvgIpc) is 3.02. The number of nitrogens with one attached hydrogen (secondary N) is 1. The zero-order valence-corrected chi connectivity index (χ0v) is 13.2. The fourth-order valence-corrected chi connectivity index (χ4v) is 4.32. The van der Waals surface area contributed by atoms with Gasteiger partial charge in [-0.3, -0.25) is 0 Å². The molecule has 0 aliphatic rings. The van der Waals surface area contributed by atoms with E-state index in [0.29, 0.717) is 11.4 Å². The van der Waals surface area contributed by atoms with Crippen LogP contribution in [0.25, 0.3) is 0 Å². The van der Waals surface area contributed by atoms with E-state index in [9.17, 15) is 13.2 Å². The third-order valence-corrected chi connectivity index (χ3v) is 5.34. The smallest absolute Gasteiger partial charge is 0.349 e. The van der Waals surface area contributed by atoms with Gasteiger partial charge in [0.1, 0.15) is 9.77 Å². The minimum atomic E-state index is -3.89. The van der Waals surface area contributed by atoms with Gasteiger partial charge in [0.2, 0.25) is 15.9 Å². The van der Waals surface area contributed by atoms with E-state index in [1.807, 2.05) is 0 Å². The van der Waals surface area contributed by atoms with Crippen molar-refractivity contribution in [1.82, 2.24) is 14.9 Å². The Balaban J connectivity index is 2.27. The number of carbonyl (C=O) groups is 1. The van der Waals surface area contributed by atoms with Crippen LogP contribution in [0.5, 0.6) is 0 Å². The van der Waals surface area contributed by atoms with Crippen LogP contribution in [0.15, 0.2) is 14.8 Å². The van der Waals surface area contributed by atoms with Crippen LogP contribution in [0.4, 0.5) is 0 Å². The Morgan fingerprint density at radius 2 is 2.19 bits per heavy atom. The highest BCUT2D eigenvalue weighted by atomic mass is 32.2. The minimum Gasteiger partial charge on any atom is -0.465 e. The van der Waals surface area contributed by atoms with Gasteiger partial charge in [0.15, 0.2) is 5.82 Å². The highest BCUT2D eigenvalue weighted by Crippen LogP contribution is 2.27. The Kier molecular flexibility index (Phi) is 4.40. The number of ether oxygens (including phenoxy) is 1. The normalized spacial score (nSPS) is 11.6. The van der Waals surface area contributed by atoms with E-state index in [1.54, 1.807) is 19.2 Å². The predicted octanol–water partition coefficient (Wildman–Crippen LogP) is 1.01. The van der Waals surface area contributed by atoms with Crippen molar-refractivity contribution in [1.29, 1.82) is 0 Å². The van der Waals surface area contributed by atoms with Crippen LogP contribution in [-0.2, 0) is 21.3 Å². The number of sulfonamides is 1. The van der Waals surface area contributed by atoms with Gasteiger partial charge in [0.05, 0.1) is 13.7 Å². The number of methoxy groups -OCH3 is 1. The Morgan fingerprint density at radius 3 is 2.76 bits per heavy atom. The van der Waals surface area contributed by atoms with Crippen molar-refractivity contribution in [3.63, 3.8) is 0 Å². The summed E-state index contributed by atoms with van der Waals surface area (Å²) >= 11 is 1.02. The number of aryl methyl sites for hydroxylation is 2. The van der Waals surface area contributed by atoms with Gasteiger partial charge in [-0.25, -0.2) is 17.9 Å². The van der Waals surface area contributed by atoms with Crippen molar-refractivity contribution in [2.75, 3.05) is 7.11 Å². The molecule has 0 radical (unpaired) electrons. The molecule has 0 saturated heterocycles. The summed E-state index contributed by atoms with van der Waals surface area (Å²) in [6.07, 6.45) is 0. The SMILES string of the molecule is COC(=O)c1scc(C)c1S(=O)(=O)NCc1nc(C)no1. The second kappa shape index (κ2) is 5.92. The maximum absolute atomic E-state index is 12.3. The molecule has 2 rings (SSSR count). The van der Waals surface area contributed by atoms with Crippen LogP contribution in [-0.4, -0.2) is 31.6 Å². The van der Waals surface area contributed by atoms with Gasteiger partial charge < -0.3 is 9.26 Å². The first-order valence-electron chi connectivity index (χ1n) is 5.80. The first kappa shape index (κ1) is 15.6. The summed E-state index contributed by atoms with van der Waals surface area (Å²) in [5.41, 5.74) is 0.467. The number of carbonyl (C=O) groups excluding carboxylic acids is 1. The van der Waals surface area contributed by atoms with Crippen molar-refractivity contribution in [2.24, 2.45) is 0 Å². The van der Waals surface area contributed by atoms with Gasteiger partial charge in [0, 0.05) is 0 Å². The highest BCUT2D eigenvalue weighted by Gasteiger charge is 2.27. The highest BCUT2D eigenvalue weighted by molar-refractivity contribution is 7.89. The zero-order valence-electron chi connectivity index (χ0n) is 11.5. The van der Waals surface area contributed by atoms with Crippen molar-refractivity contribution < 1.29 is 22.5 Å². The molecule has 2 heterocycles. The second-order valence-corrected chi connectivity index (χ2v) is 6.71. The Hall–Kier alpha value is -1.78. The number of esters is 1. The van der Waals surface area contributed by atoms with Gasteiger partial charge >= 0.3 is 5.97 Å². The van der Waals surface area contributed by atoms with Crippen molar-refractivity contribution in [2.45, 2.75) is 25.3 Å². The van der Waals surface area contributed by atoms with Gasteiger partial charge in [-0.05, 0) is 24.8 Å². The van der Waals surface area contributed by atoms with Crippen molar-refractivity contribution in [3.8, 4) is 0 Å². The van der Waals surface area contributed by atoms with E-state index in [4.69, 9.17) is 4.52 Å². The van der Waals surface area contributed by atoms with Crippen molar-refractivity contribution >= 4 is 27.3 Å². The molecular formula is C11H13N3O5S2. The molecule has 0 aromatic carbocycles. The number of hydrogen-bond acceptors (Lipinski definition) is 8. The van der Waals surface area contributed by atoms with Crippen LogP contribution in [0.3, 0.4) is 0 Å². The quantitative estimate of drug-likeness (QED) is 0.814. The van der Waals surface area contributed by atoms with Gasteiger partial charge in [-0.2, -0.15) is 4.98 Å². The van der Waals surface area contributed by atoms with Crippen LogP contribution < -0.4 is 4.72 Å². The molecule has 8 nitrogen and oxygen atoms in total. The fraction of sp³-hybridized carbons (Fsp3) is 0.364. The number of thiophene rings is 1. The third-order valence-electron chi connectivity index (χ3n) is 2.54. The predicted molar refractivity (Wildman–Crippen MR) is 73.5 cm³/mol. The lowest BCUT2D eigenvalue weighted by Crippen LogP contribution is -2.25. The summed E-state index contributed by atoms with van der Waals surface area (Å²) in [5, 5.41) is 5.14. The van der Waals surface area contributed by atoms with E-state index >= 15 is 0 Å². The van der Waals surface area contributed by atoms with Gasteiger partial charge in [-0.15, -0.1) is 11.3 Å². The molecule has 0 bridgehead atoms. The molecule has 0 aliphatic carbocycles. The summed E-state index contributed by atoms with van der Waals surface area (Å²) in [6.45, 7) is 3.08. The minimum absolute atomic E-state index is 0.0317. The van der Waals surface area contributed by atoms with Gasteiger partial charge in [0.25, 0.3) is 0 Å². The lowest BCUT2D eigenvalue weighted by Gasteiger charge is -2.06. The number of hydrogen-bond donors (Lipinski definition) is 1. The maximum atomic E-state index is 12.3. The molecule has 0 unspecified atom stereocenters. The molecule has 10 heteroatoms. The molecule has 0 atom stereocenters. The summed E-state index contributed by atoms with van der Waals surface area (Å²) in [4.78, 5) is 15.5. The lowest BCUT2D eigenvalue weighted by molar-refractivity contribution is 0.0602. The van der Waals surface area contributed by atoms with Crippen LogP contribution in [0.2, 0.25) is 0 Å². The first-order valence-corrected chi connectivity index (χ1v) is 8.16. The summed E-state index contributed by atoms with van der Waals surface area (Å²) in [6, 6.07) is 0. The molecule has 114 valence electrons. The number of aromatic nitrogens is 2. The second-order valence-electron chi connectivity index (χ2n) is 4.13. The van der Waals surface area contributed by atoms with Crippen LogP contribution in [0.1, 0.15) is 27.0 Å². The molecule has 0 spiro atoms. The number of rotatable bonds is 5. The van der Waals surface area contributed by atoms with Crippen LogP contribution in [0, 0.1) is 13.8 Å². The van der Waals surface area contributed by atoms with E-state index in [-0.39, 0.29) is 22.2 Å².